The number of phenolic OH excluding ortho intramolecular Hbond substituents is 1. The maximum Gasteiger partial charge on any atom is 0.261 e. The van der Waals surface area contributed by atoms with Gasteiger partial charge in [-0.3, -0.25) is 0 Å². The molecule has 0 fully saturated rings. The van der Waals surface area contributed by atoms with Crippen molar-refractivity contribution in [1.29, 1.82) is 0 Å². The molecular formula is C11H12N2O2S. The summed E-state index contributed by atoms with van der Waals surface area (Å²) < 4.78 is 5.10. The van der Waals surface area contributed by atoms with E-state index in [1.54, 1.807) is 17.8 Å². The van der Waals surface area contributed by atoms with Gasteiger partial charge in [-0.15, -0.1) is 0 Å². The van der Waals surface area contributed by atoms with Crippen molar-refractivity contribution in [1.82, 2.24) is 10.1 Å². The minimum Gasteiger partial charge on any atom is -0.507 e. The number of aryl methyl sites for hydroxylation is 1. The molecule has 0 bridgehead atoms. The summed E-state index contributed by atoms with van der Waals surface area (Å²) in [6.07, 6.45) is 1.97. The highest BCUT2D eigenvalue weighted by Crippen LogP contribution is 2.28. The van der Waals surface area contributed by atoms with Crippen LogP contribution in [0.25, 0.3) is 11.5 Å². The summed E-state index contributed by atoms with van der Waals surface area (Å²) in [7, 11) is 0. The molecule has 16 heavy (non-hydrogen) atoms. The van der Waals surface area contributed by atoms with Gasteiger partial charge in [0.25, 0.3) is 5.89 Å². The van der Waals surface area contributed by atoms with Gasteiger partial charge in [0, 0.05) is 0 Å². The Kier molecular flexibility index (Phi) is 3.14. The second-order valence-corrected chi connectivity index (χ2v) is 4.34. The number of aromatic nitrogens is 2. The number of hydrogen-bond donors (Lipinski definition) is 1. The highest BCUT2D eigenvalue weighted by molar-refractivity contribution is 7.97. The summed E-state index contributed by atoms with van der Waals surface area (Å²) >= 11 is 1.62. The Morgan fingerprint density at radius 1 is 1.44 bits per heavy atom. The number of rotatable bonds is 3. The Bertz CT molecular complexity index is 496. The Morgan fingerprint density at radius 3 is 3.00 bits per heavy atom. The molecule has 0 spiro atoms. The summed E-state index contributed by atoms with van der Waals surface area (Å²) in [4.78, 5) is 4.21. The van der Waals surface area contributed by atoms with Gasteiger partial charge in [0.1, 0.15) is 5.75 Å². The van der Waals surface area contributed by atoms with E-state index in [0.717, 1.165) is 5.56 Å². The van der Waals surface area contributed by atoms with Crippen molar-refractivity contribution in [2.24, 2.45) is 0 Å². The quantitative estimate of drug-likeness (QED) is 0.887. The summed E-state index contributed by atoms with van der Waals surface area (Å²) in [6.45, 7) is 1.95. The largest absolute Gasteiger partial charge is 0.507 e. The number of phenols is 1. The fraction of sp³-hybridized carbons (Fsp3) is 0.273. The highest BCUT2D eigenvalue weighted by atomic mass is 32.2. The topological polar surface area (TPSA) is 59.2 Å². The lowest BCUT2D eigenvalue weighted by Crippen LogP contribution is -1.84. The van der Waals surface area contributed by atoms with Crippen molar-refractivity contribution in [3.63, 3.8) is 0 Å². The first kappa shape index (κ1) is 11.0. The maximum absolute atomic E-state index is 9.69. The van der Waals surface area contributed by atoms with Crippen molar-refractivity contribution >= 4 is 11.8 Å². The van der Waals surface area contributed by atoms with E-state index in [1.807, 2.05) is 25.3 Å². The van der Waals surface area contributed by atoms with E-state index in [2.05, 4.69) is 10.1 Å². The van der Waals surface area contributed by atoms with Gasteiger partial charge in [-0.05, 0) is 25.3 Å². The van der Waals surface area contributed by atoms with Crippen molar-refractivity contribution in [3.05, 3.63) is 29.6 Å². The van der Waals surface area contributed by atoms with Gasteiger partial charge in [0.05, 0.1) is 11.3 Å². The molecule has 0 aliphatic heterocycles. The third-order valence-electron chi connectivity index (χ3n) is 2.12. The molecule has 0 aliphatic carbocycles. The number of thioether (sulfide) groups is 1. The first-order valence-corrected chi connectivity index (χ1v) is 6.21. The minimum atomic E-state index is 0.157. The van der Waals surface area contributed by atoms with Gasteiger partial charge in [0.15, 0.2) is 5.82 Å². The van der Waals surface area contributed by atoms with Gasteiger partial charge >= 0.3 is 0 Å². The molecule has 84 valence electrons. The molecule has 1 N–H and O–H groups in total. The average Bonchev–Trinajstić information content (AvgIpc) is 2.71. The monoisotopic (exact) mass is 236 g/mol. The molecule has 2 rings (SSSR count). The van der Waals surface area contributed by atoms with Crippen LogP contribution in [0.2, 0.25) is 0 Å². The molecule has 0 aliphatic rings. The van der Waals surface area contributed by atoms with Gasteiger partial charge in [-0.25, -0.2) is 0 Å². The molecule has 1 aromatic carbocycles. The molecule has 0 saturated heterocycles. The lowest BCUT2D eigenvalue weighted by molar-refractivity contribution is 0.419. The van der Waals surface area contributed by atoms with Gasteiger partial charge in [0.2, 0.25) is 0 Å². The fourth-order valence-electron chi connectivity index (χ4n) is 1.37. The maximum atomic E-state index is 9.69. The van der Waals surface area contributed by atoms with E-state index in [-0.39, 0.29) is 5.75 Å². The molecule has 2 aromatic rings. The van der Waals surface area contributed by atoms with Crippen LogP contribution >= 0.6 is 11.8 Å². The molecule has 0 radical (unpaired) electrons. The first-order valence-electron chi connectivity index (χ1n) is 4.82. The molecule has 5 heteroatoms. The molecule has 1 heterocycles. The zero-order valence-corrected chi connectivity index (χ0v) is 9.91. The van der Waals surface area contributed by atoms with Crippen molar-refractivity contribution in [2.45, 2.75) is 12.7 Å². The van der Waals surface area contributed by atoms with Crippen LogP contribution in [0.3, 0.4) is 0 Å². The molecule has 4 nitrogen and oxygen atoms in total. The van der Waals surface area contributed by atoms with Crippen LogP contribution in [-0.2, 0) is 5.75 Å². The van der Waals surface area contributed by atoms with Crippen LogP contribution in [0.15, 0.2) is 22.7 Å². The van der Waals surface area contributed by atoms with Crippen LogP contribution in [0.4, 0.5) is 0 Å². The summed E-state index contributed by atoms with van der Waals surface area (Å²) in [6, 6.07) is 5.28. The smallest absolute Gasteiger partial charge is 0.261 e. The summed E-state index contributed by atoms with van der Waals surface area (Å²) in [5.41, 5.74) is 1.62. The Hall–Kier alpha value is -1.49. The molecular weight excluding hydrogens is 224 g/mol. The van der Waals surface area contributed by atoms with Crippen LogP contribution in [-0.4, -0.2) is 21.5 Å². The first-order chi connectivity index (χ1) is 7.70. The zero-order valence-electron chi connectivity index (χ0n) is 9.10. The third-order valence-corrected chi connectivity index (χ3v) is 2.67. The standard InChI is InChI=1S/C11H12N2O2S/c1-7-3-4-9(14)8(5-7)11-12-10(6-16-2)13-15-11/h3-5,14H,6H2,1-2H3. The van der Waals surface area contributed by atoms with E-state index in [1.165, 1.54) is 0 Å². The van der Waals surface area contributed by atoms with Crippen molar-refractivity contribution in [2.75, 3.05) is 6.26 Å². The number of benzene rings is 1. The highest BCUT2D eigenvalue weighted by Gasteiger charge is 2.12. The van der Waals surface area contributed by atoms with Gasteiger partial charge in [-0.1, -0.05) is 16.8 Å². The second kappa shape index (κ2) is 4.57. The van der Waals surface area contributed by atoms with Crippen molar-refractivity contribution in [3.8, 4) is 17.2 Å². The van der Waals surface area contributed by atoms with E-state index in [4.69, 9.17) is 4.52 Å². The Labute approximate surface area is 97.7 Å². The van der Waals surface area contributed by atoms with Crippen LogP contribution in [0, 0.1) is 6.92 Å². The van der Waals surface area contributed by atoms with Crippen molar-refractivity contribution < 1.29 is 9.63 Å². The van der Waals surface area contributed by atoms with Crippen LogP contribution in [0.5, 0.6) is 5.75 Å². The fourth-order valence-corrected chi connectivity index (χ4v) is 1.75. The predicted octanol–water partition coefficient (Wildman–Crippen LogP) is 2.61. The van der Waals surface area contributed by atoms with E-state index >= 15 is 0 Å². The normalized spacial score (nSPS) is 10.6. The van der Waals surface area contributed by atoms with E-state index in [9.17, 15) is 5.11 Å². The molecule has 1 aromatic heterocycles. The van der Waals surface area contributed by atoms with Crippen LogP contribution < -0.4 is 0 Å². The predicted molar refractivity (Wildman–Crippen MR) is 63.4 cm³/mol. The van der Waals surface area contributed by atoms with Gasteiger partial charge in [-0.2, -0.15) is 16.7 Å². The SMILES string of the molecule is CSCc1noc(-c2cc(C)ccc2O)n1. The van der Waals surface area contributed by atoms with E-state index < -0.39 is 0 Å². The third kappa shape index (κ3) is 2.19. The van der Waals surface area contributed by atoms with E-state index in [0.29, 0.717) is 23.0 Å². The molecule has 0 atom stereocenters. The molecule has 0 saturated carbocycles. The molecule has 0 unspecified atom stereocenters. The van der Waals surface area contributed by atoms with Gasteiger partial charge < -0.3 is 9.63 Å². The number of aromatic hydroxyl groups is 1. The van der Waals surface area contributed by atoms with Crippen LogP contribution in [0.1, 0.15) is 11.4 Å². The number of hydrogen-bond acceptors (Lipinski definition) is 5. The zero-order chi connectivity index (χ0) is 11.5. The average molecular weight is 236 g/mol. The Morgan fingerprint density at radius 2 is 2.25 bits per heavy atom. The summed E-state index contributed by atoms with van der Waals surface area (Å²) in [5, 5.41) is 13.5. The Balaban J connectivity index is 2.38. The second-order valence-electron chi connectivity index (χ2n) is 3.47. The minimum absolute atomic E-state index is 0.157. The molecule has 0 amide bonds. The lowest BCUT2D eigenvalue weighted by atomic mass is 10.1. The lowest BCUT2D eigenvalue weighted by Gasteiger charge is -1.99. The number of nitrogens with zero attached hydrogens (tertiary/aromatic N) is 2. The summed E-state index contributed by atoms with van der Waals surface area (Å²) in [5.74, 6) is 1.87.